The zero-order valence-corrected chi connectivity index (χ0v) is 6.84. The van der Waals surface area contributed by atoms with Crippen LogP contribution in [0.2, 0.25) is 0 Å². The fourth-order valence-corrected chi connectivity index (χ4v) is 0.855. The molecule has 0 N–H and O–H groups in total. The molecule has 11 heavy (non-hydrogen) atoms. The molecule has 1 aromatic rings. The maximum Gasteiger partial charge on any atom is 0.0992 e. The number of aromatic nitrogens is 1. The highest BCUT2D eigenvalue weighted by molar-refractivity contribution is 6.20. The van der Waals surface area contributed by atoms with Gasteiger partial charge in [-0.2, -0.15) is 5.26 Å². The van der Waals surface area contributed by atoms with E-state index in [2.05, 4.69) is 4.98 Å². The first-order valence-corrected chi connectivity index (χ1v) is 3.68. The van der Waals surface area contributed by atoms with E-state index in [1.54, 1.807) is 18.3 Å². The van der Waals surface area contributed by atoms with Crippen molar-refractivity contribution in [1.29, 1.82) is 5.26 Å². The second kappa shape index (κ2) is 3.36. The van der Waals surface area contributed by atoms with Crippen LogP contribution in [0.3, 0.4) is 0 Å². The molecule has 0 spiro atoms. The van der Waals surface area contributed by atoms with Crippen LogP contribution < -0.4 is 0 Å². The summed E-state index contributed by atoms with van der Waals surface area (Å²) in [5.41, 5.74) is 1.34. The second-order valence-electron chi connectivity index (χ2n) is 2.20. The maximum atomic E-state index is 8.52. The Bertz CT molecular complexity index is 288. The van der Waals surface area contributed by atoms with Crippen LogP contribution in [0, 0.1) is 11.3 Å². The van der Waals surface area contributed by atoms with Gasteiger partial charge in [0.05, 0.1) is 22.7 Å². The van der Waals surface area contributed by atoms with Gasteiger partial charge in [0.1, 0.15) is 0 Å². The molecule has 1 heterocycles. The van der Waals surface area contributed by atoms with Gasteiger partial charge in [0.15, 0.2) is 0 Å². The minimum Gasteiger partial charge on any atom is -0.260 e. The van der Waals surface area contributed by atoms with Gasteiger partial charge in [-0.05, 0) is 19.1 Å². The third kappa shape index (κ3) is 1.92. The average Bonchev–Trinajstić information content (AvgIpc) is 2.05. The lowest BCUT2D eigenvalue weighted by molar-refractivity contribution is 0.993. The van der Waals surface area contributed by atoms with Gasteiger partial charge in [-0.1, -0.05) is 0 Å². The minimum absolute atomic E-state index is 0.136. The van der Waals surface area contributed by atoms with E-state index in [1.807, 2.05) is 13.0 Å². The Morgan fingerprint density at radius 3 is 3.00 bits per heavy atom. The van der Waals surface area contributed by atoms with E-state index in [9.17, 15) is 0 Å². The molecule has 0 aliphatic heterocycles. The van der Waals surface area contributed by atoms with Crippen molar-refractivity contribution in [3.8, 4) is 6.07 Å². The summed E-state index contributed by atoms with van der Waals surface area (Å²) in [6.07, 6.45) is 1.59. The van der Waals surface area contributed by atoms with E-state index in [-0.39, 0.29) is 5.38 Å². The van der Waals surface area contributed by atoms with Crippen LogP contribution in [0.4, 0.5) is 0 Å². The Balaban J connectivity index is 3.03. The van der Waals surface area contributed by atoms with E-state index in [0.29, 0.717) is 5.56 Å². The number of pyridine rings is 1. The first-order chi connectivity index (χ1) is 5.24. The summed E-state index contributed by atoms with van der Waals surface area (Å²) in [4.78, 5) is 4.00. The molecule has 0 amide bonds. The van der Waals surface area contributed by atoms with E-state index in [0.717, 1.165) is 5.69 Å². The molecule has 0 saturated carbocycles. The molecule has 0 fully saturated rings. The van der Waals surface area contributed by atoms with Crippen molar-refractivity contribution in [3.05, 3.63) is 29.6 Å². The number of alkyl halides is 1. The van der Waals surface area contributed by atoms with Crippen molar-refractivity contribution < 1.29 is 0 Å². The molecule has 1 aromatic heterocycles. The lowest BCUT2D eigenvalue weighted by Crippen LogP contribution is -1.89. The Hall–Kier alpha value is -1.07. The molecule has 3 heteroatoms. The summed E-state index contributed by atoms with van der Waals surface area (Å²) in [7, 11) is 0. The van der Waals surface area contributed by atoms with Gasteiger partial charge in [0, 0.05) is 6.20 Å². The van der Waals surface area contributed by atoms with Crippen LogP contribution in [0.1, 0.15) is 23.6 Å². The zero-order valence-electron chi connectivity index (χ0n) is 6.08. The second-order valence-corrected chi connectivity index (χ2v) is 2.85. The zero-order chi connectivity index (χ0) is 8.27. The van der Waals surface area contributed by atoms with Crippen LogP contribution in [0.15, 0.2) is 18.3 Å². The molecule has 1 atom stereocenters. The molecule has 0 unspecified atom stereocenters. The maximum absolute atomic E-state index is 8.52. The largest absolute Gasteiger partial charge is 0.260 e. The Morgan fingerprint density at radius 1 is 1.73 bits per heavy atom. The van der Waals surface area contributed by atoms with Gasteiger partial charge in [-0.15, -0.1) is 11.6 Å². The molecule has 0 aromatic carbocycles. The fourth-order valence-electron chi connectivity index (χ4n) is 0.735. The molecule has 2 nitrogen and oxygen atoms in total. The Morgan fingerprint density at radius 2 is 2.45 bits per heavy atom. The van der Waals surface area contributed by atoms with Crippen molar-refractivity contribution in [2.24, 2.45) is 0 Å². The van der Waals surface area contributed by atoms with E-state index >= 15 is 0 Å². The number of halogens is 1. The first-order valence-electron chi connectivity index (χ1n) is 3.24. The normalized spacial score (nSPS) is 12.1. The van der Waals surface area contributed by atoms with Gasteiger partial charge in [-0.25, -0.2) is 0 Å². The van der Waals surface area contributed by atoms with E-state index in [4.69, 9.17) is 16.9 Å². The lowest BCUT2D eigenvalue weighted by Gasteiger charge is -2.00. The van der Waals surface area contributed by atoms with Crippen molar-refractivity contribution in [2.45, 2.75) is 12.3 Å². The SMILES string of the molecule is C[C@@H](Cl)c1cc(C#N)ccn1. The smallest absolute Gasteiger partial charge is 0.0992 e. The quantitative estimate of drug-likeness (QED) is 0.600. The van der Waals surface area contributed by atoms with Crippen LogP contribution in [-0.2, 0) is 0 Å². The molecular formula is C8H7ClN2. The predicted molar refractivity (Wildman–Crippen MR) is 43.2 cm³/mol. The number of hydrogen-bond donors (Lipinski definition) is 0. The first kappa shape index (κ1) is 8.03. The Labute approximate surface area is 70.4 Å². The summed E-state index contributed by atoms with van der Waals surface area (Å²) >= 11 is 5.76. The van der Waals surface area contributed by atoms with Crippen molar-refractivity contribution in [2.75, 3.05) is 0 Å². The molecule has 0 aliphatic rings. The van der Waals surface area contributed by atoms with Gasteiger partial charge >= 0.3 is 0 Å². The van der Waals surface area contributed by atoms with Gasteiger partial charge < -0.3 is 0 Å². The molecule has 0 radical (unpaired) electrons. The minimum atomic E-state index is -0.136. The van der Waals surface area contributed by atoms with Crippen molar-refractivity contribution in [1.82, 2.24) is 4.98 Å². The van der Waals surface area contributed by atoms with E-state index in [1.165, 1.54) is 0 Å². The summed E-state index contributed by atoms with van der Waals surface area (Å²) < 4.78 is 0. The fraction of sp³-hybridized carbons (Fsp3) is 0.250. The molecule has 56 valence electrons. The molecule has 0 saturated heterocycles. The summed E-state index contributed by atoms with van der Waals surface area (Å²) in [6.45, 7) is 1.82. The summed E-state index contributed by atoms with van der Waals surface area (Å²) in [5.74, 6) is 0. The third-order valence-electron chi connectivity index (χ3n) is 1.32. The highest BCUT2D eigenvalue weighted by atomic mass is 35.5. The molecular weight excluding hydrogens is 160 g/mol. The topological polar surface area (TPSA) is 36.7 Å². The van der Waals surface area contributed by atoms with Gasteiger partial charge in [0.2, 0.25) is 0 Å². The summed E-state index contributed by atoms with van der Waals surface area (Å²) in [5, 5.41) is 8.39. The highest BCUT2D eigenvalue weighted by Gasteiger charge is 2.02. The summed E-state index contributed by atoms with van der Waals surface area (Å²) in [6, 6.07) is 5.37. The van der Waals surface area contributed by atoms with Crippen molar-refractivity contribution >= 4 is 11.6 Å². The predicted octanol–water partition coefficient (Wildman–Crippen LogP) is 2.25. The van der Waals surface area contributed by atoms with Crippen molar-refractivity contribution in [3.63, 3.8) is 0 Å². The third-order valence-corrected chi connectivity index (χ3v) is 1.54. The Kier molecular flexibility index (Phi) is 2.45. The molecule has 0 aliphatic carbocycles. The molecule has 0 bridgehead atoms. The number of nitriles is 1. The van der Waals surface area contributed by atoms with Crippen LogP contribution >= 0.6 is 11.6 Å². The van der Waals surface area contributed by atoms with Crippen LogP contribution in [0.25, 0.3) is 0 Å². The molecule has 1 rings (SSSR count). The van der Waals surface area contributed by atoms with Crippen LogP contribution in [0.5, 0.6) is 0 Å². The van der Waals surface area contributed by atoms with E-state index < -0.39 is 0 Å². The lowest BCUT2D eigenvalue weighted by atomic mass is 10.2. The van der Waals surface area contributed by atoms with Gasteiger partial charge in [0.25, 0.3) is 0 Å². The van der Waals surface area contributed by atoms with Crippen LogP contribution in [-0.4, -0.2) is 4.98 Å². The standard InChI is InChI=1S/C8H7ClN2/c1-6(9)8-4-7(5-10)2-3-11-8/h2-4,6H,1H3/t6-/m1/s1. The monoisotopic (exact) mass is 166 g/mol. The average molecular weight is 167 g/mol. The number of nitrogens with zero attached hydrogens (tertiary/aromatic N) is 2. The highest BCUT2D eigenvalue weighted by Crippen LogP contribution is 2.16. The van der Waals surface area contributed by atoms with Gasteiger partial charge in [-0.3, -0.25) is 4.98 Å². The number of hydrogen-bond acceptors (Lipinski definition) is 2. The number of rotatable bonds is 1.